The minimum Gasteiger partial charge on any atom is -0.469 e. The van der Waals surface area contributed by atoms with Gasteiger partial charge in [-0.15, -0.1) is 0 Å². The molecule has 0 N–H and O–H groups in total. The average Bonchev–Trinajstić information content (AvgIpc) is 3.04. The molecule has 0 amide bonds. The molecule has 1 saturated heterocycles. The van der Waals surface area contributed by atoms with Crippen molar-refractivity contribution in [3.8, 4) is 0 Å². The van der Waals surface area contributed by atoms with Gasteiger partial charge in [0.05, 0.1) is 12.5 Å². The first-order valence-electron chi connectivity index (χ1n) is 5.95. The summed E-state index contributed by atoms with van der Waals surface area (Å²) in [5.41, 5.74) is -0.227. The topological polar surface area (TPSA) is 29.5 Å². The highest BCUT2D eigenvalue weighted by Gasteiger charge is 2.38. The number of ether oxygens (including phenoxy) is 1. The van der Waals surface area contributed by atoms with Crippen LogP contribution in [0.25, 0.3) is 0 Å². The summed E-state index contributed by atoms with van der Waals surface area (Å²) < 4.78 is 4.86. The van der Waals surface area contributed by atoms with Crippen LogP contribution in [0.4, 0.5) is 0 Å². The van der Waals surface area contributed by atoms with E-state index in [1.165, 1.54) is 26.5 Å². The van der Waals surface area contributed by atoms with Gasteiger partial charge in [0, 0.05) is 6.54 Å². The summed E-state index contributed by atoms with van der Waals surface area (Å²) >= 11 is 0. The Balaban J connectivity index is 1.81. The smallest absolute Gasteiger partial charge is 0.311 e. The van der Waals surface area contributed by atoms with Crippen molar-refractivity contribution in [2.45, 2.75) is 32.6 Å². The first kappa shape index (κ1) is 10.9. The van der Waals surface area contributed by atoms with Crippen LogP contribution in [0.5, 0.6) is 0 Å². The van der Waals surface area contributed by atoms with Gasteiger partial charge in [-0.05, 0) is 51.6 Å². The molecule has 3 heteroatoms. The van der Waals surface area contributed by atoms with Crippen molar-refractivity contribution in [3.05, 3.63) is 0 Å². The van der Waals surface area contributed by atoms with Crippen molar-refractivity contribution in [2.24, 2.45) is 11.3 Å². The van der Waals surface area contributed by atoms with E-state index < -0.39 is 0 Å². The second kappa shape index (κ2) is 4.12. The standard InChI is InChI=1S/C12H21NO2/c1-12(11(14)15-2)5-7-13(8-6-12)9-10-3-4-10/h10H,3-9H2,1-2H3. The minimum absolute atomic E-state index is 0.0337. The summed E-state index contributed by atoms with van der Waals surface area (Å²) in [6.07, 6.45) is 4.72. The maximum absolute atomic E-state index is 11.6. The first-order chi connectivity index (χ1) is 7.14. The predicted octanol–water partition coefficient (Wildman–Crippen LogP) is 1.67. The van der Waals surface area contributed by atoms with Crippen molar-refractivity contribution < 1.29 is 9.53 Å². The molecule has 15 heavy (non-hydrogen) atoms. The maximum Gasteiger partial charge on any atom is 0.311 e. The van der Waals surface area contributed by atoms with Gasteiger partial charge in [0.15, 0.2) is 0 Å². The van der Waals surface area contributed by atoms with Gasteiger partial charge in [-0.3, -0.25) is 4.79 Å². The number of esters is 1. The number of hydrogen-bond donors (Lipinski definition) is 0. The summed E-state index contributed by atoms with van der Waals surface area (Å²) in [5, 5.41) is 0. The van der Waals surface area contributed by atoms with Crippen LogP contribution in [0.3, 0.4) is 0 Å². The molecule has 2 fully saturated rings. The third kappa shape index (κ3) is 2.51. The zero-order valence-corrected chi connectivity index (χ0v) is 9.79. The number of hydrogen-bond acceptors (Lipinski definition) is 3. The Morgan fingerprint density at radius 1 is 1.40 bits per heavy atom. The largest absolute Gasteiger partial charge is 0.469 e. The van der Waals surface area contributed by atoms with Crippen LogP contribution in [0.15, 0.2) is 0 Å². The molecule has 0 unspecified atom stereocenters. The lowest BCUT2D eigenvalue weighted by Crippen LogP contribution is -2.43. The highest BCUT2D eigenvalue weighted by atomic mass is 16.5. The molecule has 2 rings (SSSR count). The van der Waals surface area contributed by atoms with E-state index in [0.717, 1.165) is 31.8 Å². The zero-order valence-electron chi connectivity index (χ0n) is 9.79. The number of piperidine rings is 1. The van der Waals surface area contributed by atoms with E-state index in [1.54, 1.807) is 0 Å². The van der Waals surface area contributed by atoms with Gasteiger partial charge in [-0.25, -0.2) is 0 Å². The lowest BCUT2D eigenvalue weighted by molar-refractivity contribution is -0.154. The molecule has 1 aliphatic heterocycles. The van der Waals surface area contributed by atoms with Gasteiger partial charge in [0.2, 0.25) is 0 Å². The van der Waals surface area contributed by atoms with Crippen LogP contribution in [0.2, 0.25) is 0 Å². The Hall–Kier alpha value is -0.570. The minimum atomic E-state index is -0.227. The van der Waals surface area contributed by atoms with E-state index in [9.17, 15) is 4.79 Å². The molecule has 86 valence electrons. The number of likely N-dealkylation sites (tertiary alicyclic amines) is 1. The van der Waals surface area contributed by atoms with E-state index in [2.05, 4.69) is 4.90 Å². The number of carbonyl (C=O) groups is 1. The van der Waals surface area contributed by atoms with Crippen LogP contribution in [0.1, 0.15) is 32.6 Å². The Labute approximate surface area is 91.8 Å². The van der Waals surface area contributed by atoms with E-state index in [4.69, 9.17) is 4.74 Å². The Kier molecular flexibility index (Phi) is 3.01. The Morgan fingerprint density at radius 3 is 2.47 bits per heavy atom. The molecule has 0 atom stereocenters. The molecule has 0 bridgehead atoms. The number of nitrogens with zero attached hydrogens (tertiary/aromatic N) is 1. The quantitative estimate of drug-likeness (QED) is 0.665. The molecule has 3 nitrogen and oxygen atoms in total. The molecule has 2 aliphatic rings. The molecular weight excluding hydrogens is 190 g/mol. The number of methoxy groups -OCH3 is 1. The first-order valence-corrected chi connectivity index (χ1v) is 5.95. The summed E-state index contributed by atoms with van der Waals surface area (Å²) in [6, 6.07) is 0. The van der Waals surface area contributed by atoms with Gasteiger partial charge in [0.1, 0.15) is 0 Å². The van der Waals surface area contributed by atoms with Gasteiger partial charge in [0.25, 0.3) is 0 Å². The lowest BCUT2D eigenvalue weighted by atomic mass is 9.80. The summed E-state index contributed by atoms with van der Waals surface area (Å²) in [5.74, 6) is 0.918. The van der Waals surface area contributed by atoms with Crippen LogP contribution >= 0.6 is 0 Å². The van der Waals surface area contributed by atoms with Crippen LogP contribution in [0, 0.1) is 11.3 Å². The Bertz CT molecular complexity index is 240. The summed E-state index contributed by atoms with van der Waals surface area (Å²) in [7, 11) is 1.49. The van der Waals surface area contributed by atoms with Crippen LogP contribution in [-0.2, 0) is 9.53 Å². The van der Waals surface area contributed by atoms with Gasteiger partial charge >= 0.3 is 5.97 Å². The molecule has 0 spiro atoms. The molecule has 0 aromatic carbocycles. The van der Waals surface area contributed by atoms with E-state index in [-0.39, 0.29) is 11.4 Å². The van der Waals surface area contributed by atoms with Crippen LogP contribution < -0.4 is 0 Å². The molecule has 1 aliphatic carbocycles. The Morgan fingerprint density at radius 2 is 2.00 bits per heavy atom. The van der Waals surface area contributed by atoms with E-state index in [1.807, 2.05) is 6.92 Å². The third-order valence-electron chi connectivity index (χ3n) is 3.85. The van der Waals surface area contributed by atoms with Crippen molar-refractivity contribution in [2.75, 3.05) is 26.7 Å². The van der Waals surface area contributed by atoms with Crippen molar-refractivity contribution in [1.82, 2.24) is 4.90 Å². The zero-order chi connectivity index (χ0) is 10.9. The van der Waals surface area contributed by atoms with E-state index in [0.29, 0.717) is 0 Å². The van der Waals surface area contributed by atoms with Crippen LogP contribution in [-0.4, -0.2) is 37.6 Å². The SMILES string of the molecule is COC(=O)C1(C)CCN(CC2CC2)CC1. The fourth-order valence-electron chi connectivity index (χ4n) is 2.35. The highest BCUT2D eigenvalue weighted by Crippen LogP contribution is 2.35. The third-order valence-corrected chi connectivity index (χ3v) is 3.85. The maximum atomic E-state index is 11.6. The van der Waals surface area contributed by atoms with Crippen molar-refractivity contribution in [1.29, 1.82) is 0 Å². The molecule has 0 radical (unpaired) electrons. The summed E-state index contributed by atoms with van der Waals surface area (Å²) in [6.45, 7) is 5.40. The highest BCUT2D eigenvalue weighted by molar-refractivity contribution is 5.76. The second-order valence-corrected chi connectivity index (χ2v) is 5.30. The fourth-order valence-corrected chi connectivity index (χ4v) is 2.35. The number of rotatable bonds is 3. The molecule has 1 heterocycles. The van der Waals surface area contributed by atoms with Crippen molar-refractivity contribution in [3.63, 3.8) is 0 Å². The van der Waals surface area contributed by atoms with Gasteiger partial charge in [-0.1, -0.05) is 0 Å². The molecule has 0 aromatic rings. The second-order valence-electron chi connectivity index (χ2n) is 5.30. The normalized spacial score (nSPS) is 26.3. The summed E-state index contributed by atoms with van der Waals surface area (Å²) in [4.78, 5) is 14.1. The van der Waals surface area contributed by atoms with Gasteiger partial charge < -0.3 is 9.64 Å². The molecule has 1 saturated carbocycles. The monoisotopic (exact) mass is 211 g/mol. The van der Waals surface area contributed by atoms with Gasteiger partial charge in [-0.2, -0.15) is 0 Å². The van der Waals surface area contributed by atoms with Crippen molar-refractivity contribution >= 4 is 5.97 Å². The lowest BCUT2D eigenvalue weighted by Gasteiger charge is -2.37. The molecule has 0 aromatic heterocycles. The average molecular weight is 211 g/mol. The molecular formula is C12H21NO2. The fraction of sp³-hybridized carbons (Fsp3) is 0.917. The van der Waals surface area contributed by atoms with E-state index >= 15 is 0 Å². The number of carbonyl (C=O) groups excluding carboxylic acids is 1. The predicted molar refractivity (Wildman–Crippen MR) is 58.5 cm³/mol.